The molecular formula is C23H32N6O2. The molecule has 3 amide bonds. The number of aromatic nitrogens is 2. The third-order valence-electron chi connectivity index (χ3n) is 5.37. The minimum atomic E-state index is -0.186. The fraction of sp³-hybridized carbons (Fsp3) is 0.478. The third kappa shape index (κ3) is 5.31. The lowest BCUT2D eigenvalue weighted by molar-refractivity contribution is 0.0941. The van der Waals surface area contributed by atoms with Crippen LogP contribution in [0.25, 0.3) is 0 Å². The number of nitrogens with zero attached hydrogens (tertiary/aromatic N) is 4. The van der Waals surface area contributed by atoms with Crippen molar-refractivity contribution < 1.29 is 9.59 Å². The summed E-state index contributed by atoms with van der Waals surface area (Å²) in [5, 5.41) is 5.95. The summed E-state index contributed by atoms with van der Waals surface area (Å²) in [7, 11) is 3.73. The van der Waals surface area contributed by atoms with Crippen LogP contribution in [-0.4, -0.2) is 60.0 Å². The minimum absolute atomic E-state index is 0.0114. The van der Waals surface area contributed by atoms with E-state index in [2.05, 4.69) is 20.6 Å². The molecule has 1 aliphatic heterocycles. The van der Waals surface area contributed by atoms with Gasteiger partial charge in [-0.3, -0.25) is 4.79 Å². The first kappa shape index (κ1) is 22.5. The molecule has 1 fully saturated rings. The number of likely N-dealkylation sites (tertiary alicyclic amines) is 1. The smallest absolute Gasteiger partial charge is 0.321 e. The molecule has 0 saturated carbocycles. The number of amides is 3. The molecule has 8 heteroatoms. The zero-order chi connectivity index (χ0) is 22.7. The van der Waals surface area contributed by atoms with Crippen molar-refractivity contribution in [2.75, 3.05) is 37.4 Å². The van der Waals surface area contributed by atoms with E-state index < -0.39 is 0 Å². The van der Waals surface area contributed by atoms with Gasteiger partial charge in [0.2, 0.25) is 5.95 Å². The predicted molar refractivity (Wildman–Crippen MR) is 123 cm³/mol. The molecule has 166 valence electrons. The highest BCUT2D eigenvalue weighted by molar-refractivity contribution is 5.95. The molecule has 0 aliphatic carbocycles. The van der Waals surface area contributed by atoms with Gasteiger partial charge in [-0.2, -0.15) is 0 Å². The lowest BCUT2D eigenvalue weighted by Gasteiger charge is -2.20. The normalized spacial score (nSPS) is 15.8. The Bertz CT molecular complexity index is 973. The SMILES string of the molecule is Cc1ccc(C)c(NC(=O)N2CCC(c3nc(N(C)C)ncc3C(=O)NC(C)C)C2)c1. The second-order valence-corrected chi connectivity index (χ2v) is 8.67. The molecule has 0 spiro atoms. The Balaban J connectivity index is 1.80. The molecule has 1 unspecified atom stereocenters. The van der Waals surface area contributed by atoms with Crippen LogP contribution in [0.15, 0.2) is 24.4 Å². The Labute approximate surface area is 184 Å². The number of aryl methyl sites for hydroxylation is 2. The number of hydrogen-bond acceptors (Lipinski definition) is 5. The van der Waals surface area contributed by atoms with E-state index in [4.69, 9.17) is 0 Å². The van der Waals surface area contributed by atoms with Crippen molar-refractivity contribution in [2.24, 2.45) is 0 Å². The molecule has 8 nitrogen and oxygen atoms in total. The number of carbonyl (C=O) groups is 2. The lowest BCUT2D eigenvalue weighted by atomic mass is 9.99. The van der Waals surface area contributed by atoms with Gasteiger partial charge in [0.25, 0.3) is 5.91 Å². The summed E-state index contributed by atoms with van der Waals surface area (Å²) < 4.78 is 0. The first-order chi connectivity index (χ1) is 14.7. The summed E-state index contributed by atoms with van der Waals surface area (Å²) in [6.45, 7) is 8.92. The van der Waals surface area contributed by atoms with E-state index in [1.807, 2.05) is 64.9 Å². The van der Waals surface area contributed by atoms with Crippen molar-refractivity contribution in [1.29, 1.82) is 0 Å². The Morgan fingerprint density at radius 2 is 1.97 bits per heavy atom. The average Bonchev–Trinajstić information content (AvgIpc) is 3.20. The van der Waals surface area contributed by atoms with E-state index in [0.29, 0.717) is 30.3 Å². The lowest BCUT2D eigenvalue weighted by Crippen LogP contribution is -2.34. The second kappa shape index (κ2) is 9.32. The largest absolute Gasteiger partial charge is 0.350 e. The number of nitrogens with one attached hydrogen (secondary N) is 2. The van der Waals surface area contributed by atoms with Crippen molar-refractivity contribution in [3.63, 3.8) is 0 Å². The Kier molecular flexibility index (Phi) is 6.77. The van der Waals surface area contributed by atoms with E-state index >= 15 is 0 Å². The van der Waals surface area contributed by atoms with Gasteiger partial charge < -0.3 is 20.4 Å². The van der Waals surface area contributed by atoms with Gasteiger partial charge in [0.1, 0.15) is 0 Å². The Morgan fingerprint density at radius 1 is 1.23 bits per heavy atom. The molecule has 2 aromatic rings. The third-order valence-corrected chi connectivity index (χ3v) is 5.37. The predicted octanol–water partition coefficient (Wildman–Crippen LogP) is 3.32. The van der Waals surface area contributed by atoms with Crippen LogP contribution >= 0.6 is 0 Å². The van der Waals surface area contributed by atoms with Gasteiger partial charge in [-0.25, -0.2) is 14.8 Å². The van der Waals surface area contributed by atoms with Crippen LogP contribution in [0.1, 0.15) is 53.4 Å². The van der Waals surface area contributed by atoms with E-state index in [0.717, 1.165) is 23.2 Å². The number of benzene rings is 1. The van der Waals surface area contributed by atoms with E-state index in [-0.39, 0.29) is 23.9 Å². The van der Waals surface area contributed by atoms with Crippen LogP contribution in [-0.2, 0) is 0 Å². The first-order valence-corrected chi connectivity index (χ1v) is 10.6. The molecule has 2 heterocycles. The molecule has 2 N–H and O–H groups in total. The van der Waals surface area contributed by atoms with E-state index in [9.17, 15) is 9.59 Å². The van der Waals surface area contributed by atoms with Gasteiger partial charge in [0.05, 0.1) is 11.3 Å². The fourth-order valence-electron chi connectivity index (χ4n) is 3.66. The number of hydrogen-bond donors (Lipinski definition) is 2. The maximum Gasteiger partial charge on any atom is 0.321 e. The fourth-order valence-corrected chi connectivity index (χ4v) is 3.66. The van der Waals surface area contributed by atoms with E-state index in [1.54, 1.807) is 11.1 Å². The van der Waals surface area contributed by atoms with Gasteiger partial charge in [-0.1, -0.05) is 12.1 Å². The van der Waals surface area contributed by atoms with Crippen molar-refractivity contribution in [3.8, 4) is 0 Å². The van der Waals surface area contributed by atoms with E-state index in [1.165, 1.54) is 0 Å². The number of rotatable bonds is 5. The zero-order valence-electron chi connectivity index (χ0n) is 19.2. The molecule has 0 radical (unpaired) electrons. The molecular weight excluding hydrogens is 392 g/mol. The van der Waals surface area contributed by atoms with Crippen LogP contribution in [0, 0.1) is 13.8 Å². The van der Waals surface area contributed by atoms with Crippen LogP contribution in [0.3, 0.4) is 0 Å². The number of urea groups is 1. The van der Waals surface area contributed by atoms with Gasteiger partial charge in [0, 0.05) is 51.0 Å². The van der Waals surface area contributed by atoms with Crippen molar-refractivity contribution >= 4 is 23.6 Å². The summed E-state index contributed by atoms with van der Waals surface area (Å²) in [4.78, 5) is 38.2. The average molecular weight is 425 g/mol. The summed E-state index contributed by atoms with van der Waals surface area (Å²) >= 11 is 0. The molecule has 1 atom stereocenters. The van der Waals surface area contributed by atoms with Crippen molar-refractivity contribution in [2.45, 2.75) is 46.1 Å². The molecule has 1 aromatic heterocycles. The van der Waals surface area contributed by atoms with Gasteiger partial charge >= 0.3 is 6.03 Å². The molecule has 3 rings (SSSR count). The number of anilines is 2. The maximum atomic E-state index is 12.9. The summed E-state index contributed by atoms with van der Waals surface area (Å²) in [6.07, 6.45) is 2.33. The highest BCUT2D eigenvalue weighted by atomic mass is 16.2. The van der Waals surface area contributed by atoms with Crippen molar-refractivity contribution in [3.05, 3.63) is 46.8 Å². The first-order valence-electron chi connectivity index (χ1n) is 10.6. The highest BCUT2D eigenvalue weighted by Gasteiger charge is 2.32. The topological polar surface area (TPSA) is 90.5 Å². The Hall–Kier alpha value is -3.16. The zero-order valence-corrected chi connectivity index (χ0v) is 19.2. The number of carbonyl (C=O) groups excluding carboxylic acids is 2. The molecule has 1 saturated heterocycles. The minimum Gasteiger partial charge on any atom is -0.350 e. The van der Waals surface area contributed by atoms with Crippen LogP contribution < -0.4 is 15.5 Å². The van der Waals surface area contributed by atoms with Gasteiger partial charge in [0.15, 0.2) is 0 Å². The quantitative estimate of drug-likeness (QED) is 0.768. The Morgan fingerprint density at radius 3 is 2.65 bits per heavy atom. The molecule has 0 bridgehead atoms. The van der Waals surface area contributed by atoms with Crippen LogP contribution in [0.4, 0.5) is 16.4 Å². The standard InChI is InChI=1S/C23H32N6O2/c1-14(2)25-21(30)18-12-24-22(28(5)6)27-20(18)17-9-10-29(13-17)23(31)26-19-11-15(3)7-8-16(19)4/h7-8,11-12,14,17H,9-10,13H2,1-6H3,(H,25,30)(H,26,31). The van der Waals surface area contributed by atoms with Crippen LogP contribution in [0.2, 0.25) is 0 Å². The van der Waals surface area contributed by atoms with Gasteiger partial charge in [-0.05, 0) is 51.3 Å². The highest BCUT2D eigenvalue weighted by Crippen LogP contribution is 2.30. The maximum absolute atomic E-state index is 12.9. The van der Waals surface area contributed by atoms with Crippen molar-refractivity contribution in [1.82, 2.24) is 20.2 Å². The summed E-state index contributed by atoms with van der Waals surface area (Å²) in [5.74, 6) is 0.335. The molecule has 31 heavy (non-hydrogen) atoms. The van der Waals surface area contributed by atoms with Crippen LogP contribution in [0.5, 0.6) is 0 Å². The summed E-state index contributed by atoms with van der Waals surface area (Å²) in [6, 6.07) is 5.88. The monoisotopic (exact) mass is 424 g/mol. The van der Waals surface area contributed by atoms with Gasteiger partial charge in [-0.15, -0.1) is 0 Å². The molecule has 1 aromatic carbocycles. The summed E-state index contributed by atoms with van der Waals surface area (Å²) in [5.41, 5.74) is 4.11. The second-order valence-electron chi connectivity index (χ2n) is 8.67. The molecule has 1 aliphatic rings.